The Hall–Kier alpha value is 0.110. The van der Waals surface area contributed by atoms with E-state index in [0.29, 0.717) is 6.61 Å². The maximum atomic E-state index is 10.7. The lowest BCUT2D eigenvalue weighted by atomic mass is 10.1. The molecule has 12 heavy (non-hydrogen) atoms. The average Bonchev–Trinajstić information content (AvgIpc) is 1.96. The second-order valence-corrected chi connectivity index (χ2v) is 4.69. The Labute approximate surface area is 73.4 Å². The SMILES string of the molecule is CC[C@@H](COC)COP(C)(=O)O. The molecule has 0 bridgehead atoms. The Morgan fingerprint density at radius 3 is 2.42 bits per heavy atom. The lowest BCUT2D eigenvalue weighted by molar-refractivity contribution is 0.111. The van der Waals surface area contributed by atoms with Crippen molar-refractivity contribution in [2.45, 2.75) is 13.3 Å². The molecule has 74 valence electrons. The molecule has 0 aromatic heterocycles. The first-order valence-corrected chi connectivity index (χ1v) is 5.95. The van der Waals surface area contributed by atoms with Crippen molar-refractivity contribution in [2.75, 3.05) is 27.0 Å². The number of rotatable bonds is 6. The van der Waals surface area contributed by atoms with Crippen molar-refractivity contribution < 1.29 is 18.7 Å². The minimum absolute atomic E-state index is 0.204. The van der Waals surface area contributed by atoms with E-state index in [1.165, 1.54) is 6.66 Å². The summed E-state index contributed by atoms with van der Waals surface area (Å²) in [6.45, 7) is 4.03. The summed E-state index contributed by atoms with van der Waals surface area (Å²) in [4.78, 5) is 8.82. The van der Waals surface area contributed by atoms with Gasteiger partial charge in [-0.3, -0.25) is 4.57 Å². The molecule has 0 heterocycles. The first-order chi connectivity index (χ1) is 5.49. The normalized spacial score (nSPS) is 18.7. The number of hydrogen-bond donors (Lipinski definition) is 1. The van der Waals surface area contributed by atoms with Crippen LogP contribution in [0.3, 0.4) is 0 Å². The summed E-state index contributed by atoms with van der Waals surface area (Å²) in [5, 5.41) is 0. The summed E-state index contributed by atoms with van der Waals surface area (Å²) in [6, 6.07) is 0. The molecule has 0 fully saturated rings. The molecule has 1 N–H and O–H groups in total. The Morgan fingerprint density at radius 2 is 2.08 bits per heavy atom. The average molecular weight is 196 g/mol. The second-order valence-electron chi connectivity index (χ2n) is 2.83. The van der Waals surface area contributed by atoms with E-state index in [1.807, 2.05) is 6.92 Å². The van der Waals surface area contributed by atoms with Gasteiger partial charge in [0.25, 0.3) is 0 Å². The van der Waals surface area contributed by atoms with Gasteiger partial charge in [-0.25, -0.2) is 0 Å². The molecule has 0 rings (SSSR count). The molecule has 0 amide bonds. The molecule has 2 atom stereocenters. The van der Waals surface area contributed by atoms with E-state index in [9.17, 15) is 4.57 Å². The van der Waals surface area contributed by atoms with Crippen LogP contribution in [-0.4, -0.2) is 31.9 Å². The van der Waals surface area contributed by atoms with Crippen LogP contribution in [0, 0.1) is 5.92 Å². The van der Waals surface area contributed by atoms with Crippen molar-refractivity contribution in [1.29, 1.82) is 0 Å². The zero-order valence-electron chi connectivity index (χ0n) is 7.82. The molecule has 0 saturated carbocycles. The third-order valence-corrected chi connectivity index (χ3v) is 2.16. The third-order valence-electron chi connectivity index (χ3n) is 1.53. The highest BCUT2D eigenvalue weighted by Crippen LogP contribution is 2.37. The van der Waals surface area contributed by atoms with E-state index in [-0.39, 0.29) is 12.5 Å². The number of hydrogen-bond acceptors (Lipinski definition) is 3. The maximum absolute atomic E-state index is 10.7. The van der Waals surface area contributed by atoms with Crippen LogP contribution in [-0.2, 0) is 13.8 Å². The van der Waals surface area contributed by atoms with Crippen molar-refractivity contribution in [3.63, 3.8) is 0 Å². The Morgan fingerprint density at radius 1 is 1.50 bits per heavy atom. The minimum Gasteiger partial charge on any atom is -0.384 e. The highest BCUT2D eigenvalue weighted by molar-refractivity contribution is 7.51. The fraction of sp³-hybridized carbons (Fsp3) is 1.00. The summed E-state index contributed by atoms with van der Waals surface area (Å²) in [5.74, 6) is 0.204. The van der Waals surface area contributed by atoms with Crippen LogP contribution in [0.15, 0.2) is 0 Å². The summed E-state index contributed by atoms with van der Waals surface area (Å²) in [7, 11) is -1.71. The number of methoxy groups -OCH3 is 1. The van der Waals surface area contributed by atoms with Crippen LogP contribution in [0.25, 0.3) is 0 Å². The maximum Gasteiger partial charge on any atom is 0.325 e. The van der Waals surface area contributed by atoms with E-state index in [2.05, 4.69) is 0 Å². The van der Waals surface area contributed by atoms with Crippen LogP contribution in [0.2, 0.25) is 0 Å². The first-order valence-electron chi connectivity index (χ1n) is 3.93. The van der Waals surface area contributed by atoms with Gasteiger partial charge < -0.3 is 14.2 Å². The molecular formula is C7H17O4P. The van der Waals surface area contributed by atoms with Crippen molar-refractivity contribution in [2.24, 2.45) is 5.92 Å². The topological polar surface area (TPSA) is 55.8 Å². The van der Waals surface area contributed by atoms with Gasteiger partial charge in [0.1, 0.15) is 0 Å². The summed E-state index contributed by atoms with van der Waals surface area (Å²) in [5.41, 5.74) is 0. The second kappa shape index (κ2) is 5.70. The quantitative estimate of drug-likeness (QED) is 0.654. The van der Waals surface area contributed by atoms with Gasteiger partial charge in [0, 0.05) is 19.7 Å². The van der Waals surface area contributed by atoms with Crippen molar-refractivity contribution in [3.8, 4) is 0 Å². The molecule has 0 aliphatic carbocycles. The van der Waals surface area contributed by atoms with Crippen LogP contribution in [0.4, 0.5) is 0 Å². The number of ether oxygens (including phenoxy) is 1. The molecule has 4 nitrogen and oxygen atoms in total. The molecule has 0 radical (unpaired) electrons. The molecule has 0 saturated heterocycles. The largest absolute Gasteiger partial charge is 0.384 e. The first kappa shape index (κ1) is 12.1. The minimum atomic E-state index is -3.31. The molecule has 0 aliphatic heterocycles. The third kappa shape index (κ3) is 6.80. The summed E-state index contributed by atoms with van der Waals surface area (Å²) in [6.07, 6.45) is 0.883. The fourth-order valence-corrected chi connectivity index (χ4v) is 1.25. The van der Waals surface area contributed by atoms with E-state index >= 15 is 0 Å². The van der Waals surface area contributed by atoms with Gasteiger partial charge in [0.15, 0.2) is 0 Å². The lowest BCUT2D eigenvalue weighted by Crippen LogP contribution is -2.13. The van der Waals surface area contributed by atoms with Gasteiger partial charge in [0.2, 0.25) is 0 Å². The molecule has 0 aliphatic rings. The van der Waals surface area contributed by atoms with Gasteiger partial charge >= 0.3 is 7.60 Å². The van der Waals surface area contributed by atoms with Gasteiger partial charge in [-0.15, -0.1) is 0 Å². The fourth-order valence-electron chi connectivity index (χ4n) is 0.763. The van der Waals surface area contributed by atoms with Gasteiger partial charge in [-0.2, -0.15) is 0 Å². The van der Waals surface area contributed by atoms with Crippen molar-refractivity contribution in [1.82, 2.24) is 0 Å². The standard InChI is InChI=1S/C7H17O4P/c1-4-7(5-10-2)6-11-12(3,8)9/h7H,4-6H2,1-3H3,(H,8,9)/t7-/m0/s1. The monoisotopic (exact) mass is 196 g/mol. The Kier molecular flexibility index (Phi) is 5.76. The Balaban J connectivity index is 3.65. The molecule has 0 aromatic carbocycles. The zero-order valence-corrected chi connectivity index (χ0v) is 8.71. The van der Waals surface area contributed by atoms with Crippen LogP contribution in [0.1, 0.15) is 13.3 Å². The summed E-state index contributed by atoms with van der Waals surface area (Å²) >= 11 is 0. The van der Waals surface area contributed by atoms with E-state index in [0.717, 1.165) is 6.42 Å². The van der Waals surface area contributed by atoms with Crippen LogP contribution < -0.4 is 0 Å². The highest BCUT2D eigenvalue weighted by Gasteiger charge is 2.14. The van der Waals surface area contributed by atoms with Gasteiger partial charge in [0.05, 0.1) is 13.2 Å². The molecule has 0 spiro atoms. The molecule has 5 heteroatoms. The Bertz CT molecular complexity index is 153. The molecule has 0 aromatic rings. The molecule has 1 unspecified atom stereocenters. The van der Waals surface area contributed by atoms with Crippen molar-refractivity contribution >= 4 is 7.60 Å². The lowest BCUT2D eigenvalue weighted by Gasteiger charge is -2.14. The van der Waals surface area contributed by atoms with E-state index < -0.39 is 7.60 Å². The van der Waals surface area contributed by atoms with Crippen LogP contribution in [0.5, 0.6) is 0 Å². The van der Waals surface area contributed by atoms with Gasteiger partial charge in [-0.05, 0) is 6.42 Å². The predicted molar refractivity (Wildman–Crippen MR) is 47.4 cm³/mol. The predicted octanol–water partition coefficient (Wildman–Crippen LogP) is 1.49. The zero-order chi connectivity index (χ0) is 9.61. The highest BCUT2D eigenvalue weighted by atomic mass is 31.2. The van der Waals surface area contributed by atoms with Crippen LogP contribution >= 0.6 is 7.60 Å². The van der Waals surface area contributed by atoms with Crippen molar-refractivity contribution in [3.05, 3.63) is 0 Å². The summed E-state index contributed by atoms with van der Waals surface area (Å²) < 4.78 is 20.4. The van der Waals surface area contributed by atoms with E-state index in [4.69, 9.17) is 14.2 Å². The molecular weight excluding hydrogens is 179 g/mol. The van der Waals surface area contributed by atoms with Gasteiger partial charge in [-0.1, -0.05) is 6.92 Å². The smallest absolute Gasteiger partial charge is 0.325 e. The van der Waals surface area contributed by atoms with E-state index in [1.54, 1.807) is 7.11 Å².